The minimum atomic E-state index is -0.354. The maximum atomic E-state index is 12.5. The Morgan fingerprint density at radius 3 is 2.70 bits per heavy atom. The van der Waals surface area contributed by atoms with Gasteiger partial charge in [-0.1, -0.05) is 65.8 Å². The number of benzene rings is 2. The highest BCUT2D eigenvalue weighted by Gasteiger charge is 2.20. The highest BCUT2D eigenvalue weighted by atomic mass is 35.5. The zero-order valence-corrected chi connectivity index (χ0v) is 20.5. The molecule has 4 rings (SSSR count). The number of ether oxygens (including phenoxy) is 1. The second-order valence-electron chi connectivity index (χ2n) is 7.02. The van der Waals surface area contributed by atoms with Crippen LogP contribution in [0.2, 0.25) is 5.02 Å². The number of thioether (sulfide) groups is 1. The Morgan fingerprint density at radius 1 is 1.18 bits per heavy atom. The lowest BCUT2D eigenvalue weighted by atomic mass is 10.2. The van der Waals surface area contributed by atoms with E-state index in [1.165, 1.54) is 23.1 Å². The predicted molar refractivity (Wildman–Crippen MR) is 133 cm³/mol. The minimum absolute atomic E-state index is 0.151. The van der Waals surface area contributed by atoms with Gasteiger partial charge in [-0.25, -0.2) is 4.98 Å². The molecule has 170 valence electrons. The molecule has 0 aliphatic heterocycles. The highest BCUT2D eigenvalue weighted by molar-refractivity contribution is 7.99. The first-order chi connectivity index (χ1) is 16.0. The van der Waals surface area contributed by atoms with Crippen molar-refractivity contribution in [3.8, 4) is 17.0 Å². The van der Waals surface area contributed by atoms with Crippen LogP contribution in [0.15, 0.2) is 65.1 Å². The number of carbonyl (C=O) groups is 1. The lowest BCUT2D eigenvalue weighted by Crippen LogP contribution is -2.15. The maximum Gasteiger partial charge on any atom is 0.236 e. The van der Waals surface area contributed by atoms with Crippen molar-refractivity contribution in [2.24, 2.45) is 0 Å². The van der Waals surface area contributed by atoms with Gasteiger partial charge >= 0.3 is 0 Å². The molecular weight excluding hydrogens is 478 g/mol. The van der Waals surface area contributed by atoms with E-state index in [1.54, 1.807) is 6.07 Å². The van der Waals surface area contributed by atoms with Gasteiger partial charge in [0.2, 0.25) is 5.91 Å². The number of para-hydroxylation sites is 1. The Labute approximate surface area is 205 Å². The number of halogens is 1. The van der Waals surface area contributed by atoms with Crippen LogP contribution >= 0.6 is 34.7 Å². The third kappa shape index (κ3) is 5.73. The molecular formula is C23H22ClN5O2S2. The summed E-state index contributed by atoms with van der Waals surface area (Å²) < 4.78 is 7.92. The topological polar surface area (TPSA) is 81.9 Å². The Morgan fingerprint density at radius 2 is 1.94 bits per heavy atom. The number of rotatable bonds is 9. The van der Waals surface area contributed by atoms with Gasteiger partial charge in [-0.3, -0.25) is 4.79 Å². The third-order valence-electron chi connectivity index (χ3n) is 4.72. The first-order valence-electron chi connectivity index (χ1n) is 10.3. The van der Waals surface area contributed by atoms with Crippen LogP contribution in [0.5, 0.6) is 5.75 Å². The van der Waals surface area contributed by atoms with Gasteiger partial charge in [0.15, 0.2) is 22.2 Å². The Kier molecular flexibility index (Phi) is 7.64. The van der Waals surface area contributed by atoms with Crippen LogP contribution in [0.25, 0.3) is 11.3 Å². The molecule has 1 atom stereocenters. The number of amides is 1. The van der Waals surface area contributed by atoms with E-state index in [-0.39, 0.29) is 17.8 Å². The minimum Gasteiger partial charge on any atom is -0.481 e. The Bertz CT molecular complexity index is 1230. The first kappa shape index (κ1) is 23.3. The van der Waals surface area contributed by atoms with Crippen LogP contribution in [0.4, 0.5) is 5.13 Å². The lowest BCUT2D eigenvalue weighted by molar-refractivity contribution is -0.113. The van der Waals surface area contributed by atoms with Crippen molar-refractivity contribution in [2.75, 3.05) is 11.1 Å². The normalized spacial score (nSPS) is 11.8. The summed E-state index contributed by atoms with van der Waals surface area (Å²) in [5.74, 6) is 1.30. The quantitative estimate of drug-likeness (QED) is 0.287. The largest absolute Gasteiger partial charge is 0.481 e. The first-order valence-corrected chi connectivity index (χ1v) is 12.6. The number of nitrogens with zero attached hydrogens (tertiary/aromatic N) is 4. The molecule has 0 radical (unpaired) electrons. The van der Waals surface area contributed by atoms with Gasteiger partial charge in [-0.05, 0) is 26.0 Å². The fraction of sp³-hybridized carbons (Fsp3) is 0.217. The fourth-order valence-electron chi connectivity index (χ4n) is 3.15. The van der Waals surface area contributed by atoms with Crippen LogP contribution in [0.3, 0.4) is 0 Å². The van der Waals surface area contributed by atoms with Gasteiger partial charge in [0.1, 0.15) is 5.75 Å². The zero-order valence-electron chi connectivity index (χ0n) is 18.1. The van der Waals surface area contributed by atoms with Gasteiger partial charge in [0.05, 0.1) is 16.5 Å². The summed E-state index contributed by atoms with van der Waals surface area (Å²) in [7, 11) is 0. The summed E-state index contributed by atoms with van der Waals surface area (Å²) in [4.78, 5) is 17.0. The van der Waals surface area contributed by atoms with E-state index < -0.39 is 0 Å². The lowest BCUT2D eigenvalue weighted by Gasteiger charge is -2.16. The monoisotopic (exact) mass is 499 g/mol. The summed E-state index contributed by atoms with van der Waals surface area (Å²) in [6.45, 7) is 4.54. The molecule has 0 aliphatic carbocycles. The van der Waals surface area contributed by atoms with Crippen molar-refractivity contribution in [1.29, 1.82) is 0 Å². The van der Waals surface area contributed by atoms with Crippen LogP contribution in [0.1, 0.15) is 25.8 Å². The highest BCUT2D eigenvalue weighted by Crippen LogP contribution is 2.30. The molecule has 0 aliphatic rings. The van der Waals surface area contributed by atoms with Crippen LogP contribution in [-0.4, -0.2) is 31.4 Å². The Hall–Kier alpha value is -2.88. The van der Waals surface area contributed by atoms with E-state index in [1.807, 2.05) is 72.3 Å². The summed E-state index contributed by atoms with van der Waals surface area (Å²) in [6, 6.07) is 17.2. The van der Waals surface area contributed by atoms with Gasteiger partial charge in [-0.15, -0.1) is 21.5 Å². The molecule has 2 aromatic heterocycles. The van der Waals surface area contributed by atoms with Crippen molar-refractivity contribution in [2.45, 2.75) is 31.7 Å². The average molecular weight is 500 g/mol. The van der Waals surface area contributed by atoms with E-state index in [0.29, 0.717) is 33.4 Å². The van der Waals surface area contributed by atoms with Gasteiger partial charge < -0.3 is 14.6 Å². The van der Waals surface area contributed by atoms with Gasteiger partial charge in [-0.2, -0.15) is 0 Å². The predicted octanol–water partition coefficient (Wildman–Crippen LogP) is 5.95. The molecule has 0 fully saturated rings. The molecule has 7 nitrogen and oxygen atoms in total. The molecule has 1 unspecified atom stereocenters. The third-order valence-corrected chi connectivity index (χ3v) is 6.75. The fourth-order valence-corrected chi connectivity index (χ4v) is 4.87. The van der Waals surface area contributed by atoms with Crippen LogP contribution in [0, 0.1) is 0 Å². The van der Waals surface area contributed by atoms with Crippen molar-refractivity contribution >= 4 is 45.7 Å². The smallest absolute Gasteiger partial charge is 0.236 e. The molecule has 33 heavy (non-hydrogen) atoms. The molecule has 0 saturated heterocycles. The summed E-state index contributed by atoms with van der Waals surface area (Å²) in [5, 5.41) is 15.1. The number of aromatic nitrogens is 4. The number of hydrogen-bond donors (Lipinski definition) is 1. The van der Waals surface area contributed by atoms with Gasteiger partial charge in [0, 0.05) is 17.5 Å². The second-order valence-corrected chi connectivity index (χ2v) is 9.22. The van der Waals surface area contributed by atoms with Crippen LogP contribution in [-0.2, 0) is 11.3 Å². The molecule has 0 spiro atoms. The summed E-state index contributed by atoms with van der Waals surface area (Å²) in [5.41, 5.74) is 1.85. The van der Waals surface area contributed by atoms with Gasteiger partial charge in [0.25, 0.3) is 0 Å². The van der Waals surface area contributed by atoms with Crippen molar-refractivity contribution < 1.29 is 9.53 Å². The molecule has 1 amide bonds. The molecule has 4 aromatic rings. The Balaban J connectivity index is 1.36. The van der Waals surface area contributed by atoms with E-state index in [2.05, 4.69) is 20.5 Å². The van der Waals surface area contributed by atoms with E-state index in [9.17, 15) is 4.79 Å². The molecule has 1 N–H and O–H groups in total. The standard InChI is InChI=1S/C23H22ClN5O2S2/c1-3-29-21(15(2)31-19-12-8-7-11-17(19)24)27-28-23(29)33-14-20(30)26-22-25-18(13-32-22)16-9-5-4-6-10-16/h4-13,15H,3,14H2,1-2H3,(H,25,26,30). The van der Waals surface area contributed by atoms with Crippen LogP contribution < -0.4 is 10.1 Å². The molecule has 10 heteroatoms. The second kappa shape index (κ2) is 10.8. The number of thiazole rings is 1. The molecule has 2 heterocycles. The molecule has 2 aromatic carbocycles. The zero-order chi connectivity index (χ0) is 23.2. The number of anilines is 1. The van der Waals surface area contributed by atoms with E-state index >= 15 is 0 Å². The molecule has 0 bridgehead atoms. The molecule has 0 saturated carbocycles. The number of nitrogens with one attached hydrogen (secondary N) is 1. The maximum absolute atomic E-state index is 12.5. The van der Waals surface area contributed by atoms with Crippen molar-refractivity contribution in [3.63, 3.8) is 0 Å². The van der Waals surface area contributed by atoms with Crippen molar-refractivity contribution in [1.82, 2.24) is 19.7 Å². The summed E-state index contributed by atoms with van der Waals surface area (Å²) in [6.07, 6.45) is -0.354. The van der Waals surface area contributed by atoms with E-state index in [4.69, 9.17) is 16.3 Å². The number of hydrogen-bond acceptors (Lipinski definition) is 7. The van der Waals surface area contributed by atoms with Crippen molar-refractivity contribution in [3.05, 3.63) is 70.8 Å². The number of carbonyl (C=O) groups excluding carboxylic acids is 1. The van der Waals surface area contributed by atoms with E-state index in [0.717, 1.165) is 11.3 Å². The summed E-state index contributed by atoms with van der Waals surface area (Å²) >= 11 is 8.92. The SMILES string of the molecule is CCn1c(SCC(=O)Nc2nc(-c3ccccc3)cs2)nnc1C(C)Oc1ccccc1Cl. The average Bonchev–Trinajstić information content (AvgIpc) is 3.46.